The molecule has 29 heavy (non-hydrogen) atoms. The van der Waals surface area contributed by atoms with E-state index in [1.54, 1.807) is 7.11 Å². The van der Waals surface area contributed by atoms with E-state index in [2.05, 4.69) is 26.8 Å². The Bertz CT molecular complexity index is 706. The van der Waals surface area contributed by atoms with Crippen molar-refractivity contribution in [2.24, 2.45) is 17.8 Å². The first-order chi connectivity index (χ1) is 13.7. The topological polar surface area (TPSA) is 61.8 Å². The Balaban J connectivity index is 1.59. The van der Waals surface area contributed by atoms with Crippen LogP contribution in [0.25, 0.3) is 0 Å². The second-order valence-corrected chi connectivity index (χ2v) is 9.35. The molecule has 0 amide bonds. The smallest absolute Gasteiger partial charge is 0.302 e. The highest BCUT2D eigenvalue weighted by molar-refractivity contribution is 6.00. The van der Waals surface area contributed by atoms with Gasteiger partial charge in [0.1, 0.15) is 17.5 Å². The number of ketones is 1. The molecule has 0 spiro atoms. The number of methoxy groups -OCH3 is 1. The van der Waals surface area contributed by atoms with Crippen LogP contribution in [-0.2, 0) is 23.8 Å². The van der Waals surface area contributed by atoms with Crippen LogP contribution in [-0.4, -0.2) is 37.2 Å². The molecule has 0 unspecified atom stereocenters. The van der Waals surface area contributed by atoms with Gasteiger partial charge in [0.2, 0.25) is 0 Å². The van der Waals surface area contributed by atoms with E-state index < -0.39 is 0 Å². The lowest BCUT2D eigenvalue weighted by atomic mass is 9.73. The maximum Gasteiger partial charge on any atom is 0.302 e. The molecule has 5 atom stereocenters. The molecule has 0 saturated heterocycles. The van der Waals surface area contributed by atoms with E-state index in [1.165, 1.54) is 12.5 Å². The highest BCUT2D eigenvalue weighted by Gasteiger charge is 2.49. The maximum absolute atomic E-state index is 12.8. The number of fused-ring (bicyclic) bond motifs is 1. The van der Waals surface area contributed by atoms with Gasteiger partial charge in [0.15, 0.2) is 5.78 Å². The molecule has 1 heterocycles. The van der Waals surface area contributed by atoms with Crippen LogP contribution in [0, 0.1) is 17.8 Å². The first-order valence-corrected chi connectivity index (χ1v) is 11.1. The molecule has 5 heteroatoms. The van der Waals surface area contributed by atoms with Gasteiger partial charge in [0.05, 0.1) is 6.61 Å². The van der Waals surface area contributed by atoms with Gasteiger partial charge in [-0.05, 0) is 44.4 Å². The van der Waals surface area contributed by atoms with Crippen molar-refractivity contribution in [1.82, 2.24) is 0 Å². The molecule has 2 aliphatic carbocycles. The zero-order valence-electron chi connectivity index (χ0n) is 18.6. The molecule has 0 radical (unpaired) electrons. The Hall–Kier alpha value is -1.62. The summed E-state index contributed by atoms with van der Waals surface area (Å²) in [7, 11) is 1.62. The lowest BCUT2D eigenvalue weighted by molar-refractivity contribution is -0.142. The lowest BCUT2D eigenvalue weighted by Crippen LogP contribution is -2.43. The Morgan fingerprint density at radius 3 is 2.79 bits per heavy atom. The molecule has 3 aliphatic rings. The van der Waals surface area contributed by atoms with Gasteiger partial charge in [-0.3, -0.25) is 9.59 Å². The van der Waals surface area contributed by atoms with Crippen molar-refractivity contribution in [3.63, 3.8) is 0 Å². The Kier molecular flexibility index (Phi) is 6.87. The van der Waals surface area contributed by atoms with Crippen LogP contribution >= 0.6 is 0 Å². The minimum atomic E-state index is -0.313. The van der Waals surface area contributed by atoms with Crippen molar-refractivity contribution in [3.8, 4) is 0 Å². The summed E-state index contributed by atoms with van der Waals surface area (Å²) in [6, 6.07) is 0. The molecule has 162 valence electrons. The van der Waals surface area contributed by atoms with Crippen molar-refractivity contribution in [3.05, 3.63) is 23.0 Å². The quantitative estimate of drug-likeness (QED) is 0.432. The third kappa shape index (κ3) is 4.76. The Morgan fingerprint density at radius 2 is 2.10 bits per heavy atom. The van der Waals surface area contributed by atoms with Crippen LogP contribution in [0.15, 0.2) is 23.0 Å². The predicted molar refractivity (Wildman–Crippen MR) is 111 cm³/mol. The fraction of sp³-hybridized carbons (Fsp3) is 0.750. The van der Waals surface area contributed by atoms with E-state index in [0.717, 1.165) is 56.3 Å². The molecular formula is C24H36O5. The zero-order valence-corrected chi connectivity index (χ0v) is 18.6. The summed E-state index contributed by atoms with van der Waals surface area (Å²) in [6.07, 6.45) is 8.51. The average molecular weight is 405 g/mol. The van der Waals surface area contributed by atoms with Gasteiger partial charge < -0.3 is 14.2 Å². The van der Waals surface area contributed by atoms with Gasteiger partial charge in [0, 0.05) is 38.4 Å². The fourth-order valence-corrected chi connectivity index (χ4v) is 5.14. The summed E-state index contributed by atoms with van der Waals surface area (Å²) in [5, 5.41) is 0. The summed E-state index contributed by atoms with van der Waals surface area (Å²) >= 11 is 0. The maximum atomic E-state index is 12.8. The number of carbonyl (C=O) groups is 2. The SMILES string of the molecule is CO[C@@H]1CCC2=C(C[C@H]3C([C@H](C)CCC[C@H](C)COC(C)=O)=CC[C@@]3(C)O2)C1=O. The van der Waals surface area contributed by atoms with E-state index in [0.29, 0.717) is 18.4 Å². The first kappa shape index (κ1) is 22.1. The summed E-state index contributed by atoms with van der Waals surface area (Å²) < 4.78 is 16.9. The number of hydrogen-bond acceptors (Lipinski definition) is 5. The fourth-order valence-electron chi connectivity index (χ4n) is 5.14. The monoisotopic (exact) mass is 404 g/mol. The molecule has 5 nitrogen and oxygen atoms in total. The molecule has 0 aromatic rings. The summed E-state index contributed by atoms with van der Waals surface area (Å²) in [5.41, 5.74) is 2.09. The van der Waals surface area contributed by atoms with E-state index in [9.17, 15) is 9.59 Å². The molecule has 0 fully saturated rings. The molecule has 3 rings (SSSR count). The zero-order chi connectivity index (χ0) is 21.2. The first-order valence-electron chi connectivity index (χ1n) is 11.1. The van der Waals surface area contributed by atoms with Crippen molar-refractivity contribution in [1.29, 1.82) is 0 Å². The van der Waals surface area contributed by atoms with Crippen molar-refractivity contribution in [2.45, 2.75) is 84.3 Å². The molecule has 0 bridgehead atoms. The van der Waals surface area contributed by atoms with Crippen molar-refractivity contribution in [2.75, 3.05) is 13.7 Å². The summed E-state index contributed by atoms with van der Waals surface area (Å²) in [5.74, 6) is 1.93. The number of carbonyl (C=O) groups excluding carboxylic acids is 2. The van der Waals surface area contributed by atoms with Crippen molar-refractivity contribution < 1.29 is 23.8 Å². The standard InChI is InChI=1S/C24H36O5/c1-15(14-28-17(3)25)7-6-8-16(2)18-11-12-24(4)20(18)13-19-21(29-24)9-10-22(27-5)23(19)26/h11,15-16,20,22H,6-10,12-14H2,1-5H3/t15-,16+,20-,22+,24+/m0/s1. The third-order valence-electron chi connectivity index (χ3n) is 6.97. The van der Waals surface area contributed by atoms with Crippen LogP contribution in [0.5, 0.6) is 0 Å². The van der Waals surface area contributed by atoms with Crippen molar-refractivity contribution >= 4 is 11.8 Å². The van der Waals surface area contributed by atoms with E-state index >= 15 is 0 Å². The highest BCUT2D eigenvalue weighted by Crippen LogP contribution is 2.51. The number of rotatable bonds is 8. The van der Waals surface area contributed by atoms with Crippen LogP contribution in [0.2, 0.25) is 0 Å². The average Bonchev–Trinajstić information content (AvgIpc) is 3.01. The van der Waals surface area contributed by atoms with E-state index in [-0.39, 0.29) is 29.4 Å². The number of hydrogen-bond donors (Lipinski definition) is 0. The largest absolute Gasteiger partial charge is 0.491 e. The van der Waals surface area contributed by atoms with Crippen LogP contribution in [0.3, 0.4) is 0 Å². The van der Waals surface area contributed by atoms with E-state index in [1.807, 2.05) is 0 Å². The Morgan fingerprint density at radius 1 is 1.34 bits per heavy atom. The van der Waals surface area contributed by atoms with Gasteiger partial charge in [-0.1, -0.05) is 31.9 Å². The number of esters is 1. The molecule has 1 aliphatic heterocycles. The van der Waals surface area contributed by atoms with Crippen LogP contribution in [0.4, 0.5) is 0 Å². The summed E-state index contributed by atoms with van der Waals surface area (Å²) in [6.45, 7) is 8.58. The Labute approximate surface area is 174 Å². The van der Waals surface area contributed by atoms with Crippen LogP contribution < -0.4 is 0 Å². The summed E-state index contributed by atoms with van der Waals surface area (Å²) in [4.78, 5) is 23.8. The molecule has 0 saturated carbocycles. The number of Topliss-reactive ketones (excluding diaryl/α,β-unsaturated/α-hetero) is 1. The lowest BCUT2D eigenvalue weighted by Gasteiger charge is -2.43. The second-order valence-electron chi connectivity index (χ2n) is 9.35. The third-order valence-corrected chi connectivity index (χ3v) is 6.97. The molecular weight excluding hydrogens is 368 g/mol. The predicted octanol–water partition coefficient (Wildman–Crippen LogP) is 4.75. The molecule has 0 aromatic carbocycles. The van der Waals surface area contributed by atoms with Gasteiger partial charge in [-0.2, -0.15) is 0 Å². The van der Waals surface area contributed by atoms with Gasteiger partial charge in [-0.25, -0.2) is 0 Å². The minimum Gasteiger partial charge on any atom is -0.491 e. The molecule has 0 N–H and O–H groups in total. The van der Waals surface area contributed by atoms with Gasteiger partial charge in [0.25, 0.3) is 0 Å². The van der Waals surface area contributed by atoms with Gasteiger partial charge in [-0.15, -0.1) is 0 Å². The second kappa shape index (κ2) is 9.03. The highest BCUT2D eigenvalue weighted by atomic mass is 16.5. The van der Waals surface area contributed by atoms with Gasteiger partial charge >= 0.3 is 5.97 Å². The van der Waals surface area contributed by atoms with Crippen LogP contribution in [0.1, 0.15) is 72.6 Å². The van der Waals surface area contributed by atoms with E-state index in [4.69, 9.17) is 14.2 Å². The molecule has 0 aromatic heterocycles. The normalized spacial score (nSPS) is 30.8. The minimum absolute atomic E-state index is 0.119. The number of allylic oxidation sites excluding steroid dienone is 1. The number of ether oxygens (including phenoxy) is 3.